The normalized spacial score (nSPS) is 13.7. The number of hydrogen-bond donors (Lipinski definition) is 3. The molecule has 9 heteroatoms. The average molecular weight is 387 g/mol. The van der Waals surface area contributed by atoms with Gasteiger partial charge in [-0.25, -0.2) is 9.18 Å². The summed E-state index contributed by atoms with van der Waals surface area (Å²) in [5.41, 5.74) is -1.78. The smallest absolute Gasteiger partial charge is 0.419 e. The molecule has 2 aromatic rings. The Balaban J connectivity index is 1.95. The van der Waals surface area contributed by atoms with Crippen molar-refractivity contribution in [2.75, 3.05) is 6.54 Å². The van der Waals surface area contributed by atoms with Crippen molar-refractivity contribution in [1.82, 2.24) is 5.32 Å². The first-order valence-electron chi connectivity index (χ1n) is 7.86. The van der Waals surface area contributed by atoms with Crippen molar-refractivity contribution in [2.45, 2.75) is 25.0 Å². The van der Waals surface area contributed by atoms with Crippen molar-refractivity contribution in [1.29, 1.82) is 0 Å². The highest BCUT2D eigenvalue weighted by molar-refractivity contribution is 5.67. The van der Waals surface area contributed by atoms with Crippen LogP contribution in [0.25, 0.3) is 0 Å². The number of aliphatic hydroxyl groups excluding tert-OH is 2. The van der Waals surface area contributed by atoms with Crippen LogP contribution in [0.15, 0.2) is 48.5 Å². The van der Waals surface area contributed by atoms with E-state index in [0.717, 1.165) is 12.1 Å². The Bertz CT molecular complexity index is 768. The summed E-state index contributed by atoms with van der Waals surface area (Å²) >= 11 is 0. The van der Waals surface area contributed by atoms with Crippen LogP contribution in [-0.4, -0.2) is 29.0 Å². The maximum absolute atomic E-state index is 13.5. The van der Waals surface area contributed by atoms with Crippen LogP contribution in [-0.2, 0) is 17.5 Å². The minimum absolute atomic E-state index is 0.0482. The van der Waals surface area contributed by atoms with Crippen molar-refractivity contribution in [3.63, 3.8) is 0 Å². The molecule has 146 valence electrons. The van der Waals surface area contributed by atoms with Crippen LogP contribution in [0, 0.1) is 5.82 Å². The van der Waals surface area contributed by atoms with Crippen LogP contribution < -0.4 is 5.32 Å². The Morgan fingerprint density at radius 2 is 1.74 bits per heavy atom. The summed E-state index contributed by atoms with van der Waals surface area (Å²) in [4.78, 5) is 11.6. The van der Waals surface area contributed by atoms with Crippen molar-refractivity contribution in [3.8, 4) is 0 Å². The number of carbonyl (C=O) groups excluding carboxylic acids is 1. The number of aliphatic hydroxyl groups is 2. The van der Waals surface area contributed by atoms with Crippen LogP contribution in [0.3, 0.4) is 0 Å². The van der Waals surface area contributed by atoms with Crippen LogP contribution in [0.1, 0.15) is 22.8 Å². The van der Waals surface area contributed by atoms with Gasteiger partial charge in [-0.3, -0.25) is 0 Å². The lowest BCUT2D eigenvalue weighted by Gasteiger charge is -2.22. The summed E-state index contributed by atoms with van der Waals surface area (Å²) < 4.78 is 57.4. The van der Waals surface area contributed by atoms with E-state index in [1.807, 2.05) is 0 Å². The molecule has 0 heterocycles. The molecular weight excluding hydrogens is 370 g/mol. The van der Waals surface area contributed by atoms with Crippen LogP contribution in [0.4, 0.5) is 22.4 Å². The maximum Gasteiger partial charge on any atom is 0.419 e. The lowest BCUT2D eigenvalue weighted by Crippen LogP contribution is -2.36. The van der Waals surface area contributed by atoms with Gasteiger partial charge in [-0.1, -0.05) is 42.5 Å². The number of alkyl halides is 3. The van der Waals surface area contributed by atoms with Gasteiger partial charge in [0.2, 0.25) is 0 Å². The SMILES string of the molecule is O=C(NCC(O)C(O)c1cccc(F)c1C(F)(F)F)OCc1ccccc1. The third kappa shape index (κ3) is 5.66. The topological polar surface area (TPSA) is 78.8 Å². The summed E-state index contributed by atoms with van der Waals surface area (Å²) in [7, 11) is 0. The molecular formula is C18H17F4NO4. The Kier molecular flexibility index (Phi) is 6.75. The zero-order chi connectivity index (χ0) is 20.0. The summed E-state index contributed by atoms with van der Waals surface area (Å²) in [5, 5.41) is 22.0. The van der Waals surface area contributed by atoms with E-state index in [2.05, 4.69) is 5.32 Å². The standard InChI is InChI=1S/C18H17F4NO4/c19-13-8-4-7-12(15(13)18(20,21)22)16(25)14(24)9-23-17(26)27-10-11-5-2-1-3-6-11/h1-8,14,16,24-25H,9-10H2,(H,23,26). The van der Waals surface area contributed by atoms with Gasteiger partial charge in [0.05, 0.1) is 5.56 Å². The predicted octanol–water partition coefficient (Wildman–Crippen LogP) is 3.17. The molecule has 0 aliphatic heterocycles. The Morgan fingerprint density at radius 3 is 2.37 bits per heavy atom. The van der Waals surface area contributed by atoms with Crippen molar-refractivity contribution >= 4 is 6.09 Å². The molecule has 5 nitrogen and oxygen atoms in total. The number of nitrogens with one attached hydrogen (secondary N) is 1. The molecule has 0 fully saturated rings. The van der Waals surface area contributed by atoms with E-state index in [-0.39, 0.29) is 6.61 Å². The van der Waals surface area contributed by atoms with Gasteiger partial charge in [-0.15, -0.1) is 0 Å². The number of rotatable bonds is 6. The zero-order valence-corrected chi connectivity index (χ0v) is 13.9. The molecule has 1 amide bonds. The first-order valence-corrected chi connectivity index (χ1v) is 7.86. The Labute approximate surface area is 152 Å². The molecule has 0 bridgehead atoms. The lowest BCUT2D eigenvalue weighted by molar-refractivity contribution is -0.142. The molecule has 2 aromatic carbocycles. The van der Waals surface area contributed by atoms with Gasteiger partial charge in [0.25, 0.3) is 0 Å². The van der Waals surface area contributed by atoms with E-state index in [1.165, 1.54) is 0 Å². The highest BCUT2D eigenvalue weighted by Crippen LogP contribution is 2.37. The molecule has 3 N–H and O–H groups in total. The van der Waals surface area contributed by atoms with Gasteiger partial charge >= 0.3 is 12.3 Å². The third-order valence-electron chi connectivity index (χ3n) is 3.68. The number of halogens is 4. The molecule has 27 heavy (non-hydrogen) atoms. The summed E-state index contributed by atoms with van der Waals surface area (Å²) in [6, 6.07) is 11.1. The number of hydrogen-bond acceptors (Lipinski definition) is 4. The van der Waals surface area contributed by atoms with E-state index in [0.29, 0.717) is 11.6 Å². The van der Waals surface area contributed by atoms with Gasteiger partial charge in [-0.05, 0) is 17.2 Å². The van der Waals surface area contributed by atoms with Crippen molar-refractivity contribution in [3.05, 3.63) is 71.0 Å². The van der Waals surface area contributed by atoms with Gasteiger partial charge in [-0.2, -0.15) is 13.2 Å². The first-order chi connectivity index (χ1) is 12.7. The highest BCUT2D eigenvalue weighted by Gasteiger charge is 2.39. The van der Waals surface area contributed by atoms with Gasteiger partial charge in [0.1, 0.15) is 24.6 Å². The summed E-state index contributed by atoms with van der Waals surface area (Å²) in [6.07, 6.45) is -9.85. The minimum Gasteiger partial charge on any atom is -0.445 e. The second-order valence-corrected chi connectivity index (χ2v) is 5.66. The van der Waals surface area contributed by atoms with Crippen LogP contribution in [0.5, 0.6) is 0 Å². The van der Waals surface area contributed by atoms with Crippen LogP contribution in [0.2, 0.25) is 0 Å². The molecule has 2 atom stereocenters. The van der Waals surface area contributed by atoms with E-state index >= 15 is 0 Å². The number of amides is 1. The van der Waals surface area contributed by atoms with E-state index in [9.17, 15) is 32.6 Å². The van der Waals surface area contributed by atoms with Crippen molar-refractivity contribution in [2.24, 2.45) is 0 Å². The molecule has 0 aliphatic carbocycles. The monoisotopic (exact) mass is 387 g/mol. The molecule has 0 aliphatic rings. The van der Waals surface area contributed by atoms with E-state index in [4.69, 9.17) is 4.74 Å². The number of carbonyl (C=O) groups is 1. The molecule has 0 spiro atoms. The number of ether oxygens (including phenoxy) is 1. The van der Waals surface area contributed by atoms with Gasteiger partial charge in [0, 0.05) is 6.54 Å². The fourth-order valence-corrected chi connectivity index (χ4v) is 2.37. The van der Waals surface area contributed by atoms with Crippen LogP contribution >= 0.6 is 0 Å². The molecule has 0 saturated heterocycles. The largest absolute Gasteiger partial charge is 0.445 e. The third-order valence-corrected chi connectivity index (χ3v) is 3.68. The summed E-state index contributed by atoms with van der Waals surface area (Å²) in [6.45, 7) is -0.643. The fraction of sp³-hybridized carbons (Fsp3) is 0.278. The first kappa shape index (κ1) is 20.7. The Hall–Kier alpha value is -2.65. The molecule has 2 unspecified atom stereocenters. The Morgan fingerprint density at radius 1 is 1.07 bits per heavy atom. The number of benzene rings is 2. The maximum atomic E-state index is 13.5. The summed E-state index contributed by atoms with van der Waals surface area (Å²) in [5.74, 6) is -1.57. The van der Waals surface area contributed by atoms with Gasteiger partial charge in [0.15, 0.2) is 0 Å². The number of alkyl carbamates (subject to hydrolysis) is 1. The fourth-order valence-electron chi connectivity index (χ4n) is 2.37. The molecule has 0 saturated carbocycles. The van der Waals surface area contributed by atoms with E-state index in [1.54, 1.807) is 30.3 Å². The van der Waals surface area contributed by atoms with Gasteiger partial charge < -0.3 is 20.3 Å². The van der Waals surface area contributed by atoms with Crippen molar-refractivity contribution < 1.29 is 37.3 Å². The highest BCUT2D eigenvalue weighted by atomic mass is 19.4. The van der Waals surface area contributed by atoms with E-state index < -0.39 is 48.0 Å². The zero-order valence-electron chi connectivity index (χ0n) is 13.9. The lowest BCUT2D eigenvalue weighted by atomic mass is 9.97. The molecule has 0 radical (unpaired) electrons. The average Bonchev–Trinajstić information content (AvgIpc) is 2.63. The predicted molar refractivity (Wildman–Crippen MR) is 87.0 cm³/mol. The molecule has 0 aromatic heterocycles. The molecule has 2 rings (SSSR count). The second kappa shape index (κ2) is 8.83. The minimum atomic E-state index is -5.05. The quantitative estimate of drug-likeness (QED) is 0.666. The second-order valence-electron chi connectivity index (χ2n) is 5.66.